The summed E-state index contributed by atoms with van der Waals surface area (Å²) in [5, 5.41) is 13.7. The molecule has 1 aliphatic rings. The molecule has 0 spiro atoms. The van der Waals surface area contributed by atoms with Crippen LogP contribution in [0, 0.1) is 0 Å². The minimum Gasteiger partial charge on any atom is -0.459 e. The molecule has 0 bridgehead atoms. The highest BCUT2D eigenvalue weighted by Gasteiger charge is 2.34. The first kappa shape index (κ1) is 19.8. The topological polar surface area (TPSA) is 105 Å². The predicted molar refractivity (Wildman–Crippen MR) is 107 cm³/mol. The number of aliphatic hydroxyl groups excluding tert-OH is 1. The van der Waals surface area contributed by atoms with Crippen LogP contribution in [0.4, 0.5) is 5.69 Å². The number of amides is 2. The summed E-state index contributed by atoms with van der Waals surface area (Å²) in [6, 6.07) is 13.2. The van der Waals surface area contributed by atoms with Crippen LogP contribution in [-0.2, 0) is 16.1 Å². The molecule has 2 amide bonds. The van der Waals surface area contributed by atoms with E-state index in [0.717, 1.165) is 5.56 Å². The first-order chi connectivity index (χ1) is 14.6. The van der Waals surface area contributed by atoms with Gasteiger partial charge < -0.3 is 24.5 Å². The summed E-state index contributed by atoms with van der Waals surface area (Å²) in [4.78, 5) is 30.2. The second-order valence-corrected chi connectivity index (χ2v) is 6.96. The van der Waals surface area contributed by atoms with Gasteiger partial charge in [0.15, 0.2) is 5.76 Å². The Kier molecular flexibility index (Phi) is 5.87. The zero-order valence-corrected chi connectivity index (χ0v) is 16.1. The van der Waals surface area contributed by atoms with E-state index < -0.39 is 12.1 Å². The number of pyridine rings is 1. The van der Waals surface area contributed by atoms with E-state index in [2.05, 4.69) is 10.3 Å². The fourth-order valence-corrected chi connectivity index (χ4v) is 3.36. The van der Waals surface area contributed by atoms with Crippen molar-refractivity contribution in [1.82, 2.24) is 9.88 Å². The van der Waals surface area contributed by atoms with Crippen LogP contribution in [0.3, 0.4) is 0 Å². The lowest BCUT2D eigenvalue weighted by atomic mass is 9.99. The van der Waals surface area contributed by atoms with Crippen molar-refractivity contribution in [2.75, 3.05) is 18.5 Å². The molecule has 3 aromatic rings. The number of carbonyl (C=O) groups excluding carboxylic acids is 2. The highest BCUT2D eigenvalue weighted by atomic mass is 16.5. The van der Waals surface area contributed by atoms with E-state index in [1.165, 1.54) is 6.26 Å². The van der Waals surface area contributed by atoms with Gasteiger partial charge in [-0.3, -0.25) is 14.6 Å². The van der Waals surface area contributed by atoms with Crippen LogP contribution in [-0.4, -0.2) is 46.1 Å². The number of nitrogens with zero attached hydrogens (tertiary/aromatic N) is 2. The van der Waals surface area contributed by atoms with E-state index in [-0.39, 0.29) is 30.8 Å². The highest BCUT2D eigenvalue weighted by molar-refractivity contribution is 6.02. The molecule has 2 atom stereocenters. The first-order valence-corrected chi connectivity index (χ1v) is 9.51. The van der Waals surface area contributed by atoms with Gasteiger partial charge in [0, 0.05) is 24.6 Å². The number of furan rings is 1. The highest BCUT2D eigenvalue weighted by Crippen LogP contribution is 2.26. The Morgan fingerprint density at radius 1 is 1.20 bits per heavy atom. The molecule has 1 saturated heterocycles. The van der Waals surface area contributed by atoms with Crippen LogP contribution in [0.25, 0.3) is 0 Å². The fourth-order valence-electron chi connectivity index (χ4n) is 3.36. The van der Waals surface area contributed by atoms with Gasteiger partial charge in [0.2, 0.25) is 5.91 Å². The SMILES string of the molecule is O=C(Nc1ccc([C@@H](O)[C@H]2COCC(=O)N2Cc2ccncc2)cc1)c1ccco1. The van der Waals surface area contributed by atoms with Crippen LogP contribution in [0.15, 0.2) is 71.6 Å². The van der Waals surface area contributed by atoms with E-state index in [4.69, 9.17) is 9.15 Å². The predicted octanol–water partition coefficient (Wildman–Crippen LogP) is 2.39. The summed E-state index contributed by atoms with van der Waals surface area (Å²) < 4.78 is 10.5. The Morgan fingerprint density at radius 3 is 2.67 bits per heavy atom. The third-order valence-corrected chi connectivity index (χ3v) is 4.96. The summed E-state index contributed by atoms with van der Waals surface area (Å²) >= 11 is 0. The molecule has 0 radical (unpaired) electrons. The van der Waals surface area contributed by atoms with Crippen LogP contribution in [0.2, 0.25) is 0 Å². The quantitative estimate of drug-likeness (QED) is 0.650. The lowest BCUT2D eigenvalue weighted by Crippen LogP contribution is -2.51. The molecule has 8 heteroatoms. The largest absolute Gasteiger partial charge is 0.459 e. The molecular formula is C22H21N3O5. The molecule has 8 nitrogen and oxygen atoms in total. The summed E-state index contributed by atoms with van der Waals surface area (Å²) in [5.41, 5.74) is 2.11. The van der Waals surface area contributed by atoms with Crippen LogP contribution >= 0.6 is 0 Å². The number of rotatable bonds is 6. The number of carbonyl (C=O) groups is 2. The number of aliphatic hydroxyl groups is 1. The number of benzene rings is 1. The maximum atomic E-state index is 12.5. The molecule has 1 aromatic carbocycles. The molecule has 4 rings (SSSR count). The van der Waals surface area contributed by atoms with Crippen molar-refractivity contribution in [2.24, 2.45) is 0 Å². The third-order valence-electron chi connectivity index (χ3n) is 4.96. The molecule has 2 aromatic heterocycles. The normalized spacial score (nSPS) is 17.6. The third kappa shape index (κ3) is 4.40. The van der Waals surface area contributed by atoms with Crippen molar-refractivity contribution >= 4 is 17.5 Å². The molecular weight excluding hydrogens is 386 g/mol. The van der Waals surface area contributed by atoms with Crippen molar-refractivity contribution in [3.8, 4) is 0 Å². The van der Waals surface area contributed by atoms with Crippen molar-refractivity contribution in [3.63, 3.8) is 0 Å². The zero-order valence-electron chi connectivity index (χ0n) is 16.1. The minimum atomic E-state index is -0.939. The van der Waals surface area contributed by atoms with Gasteiger partial charge in [0.25, 0.3) is 5.91 Å². The van der Waals surface area contributed by atoms with Gasteiger partial charge in [-0.05, 0) is 47.5 Å². The molecule has 1 aliphatic heterocycles. The maximum absolute atomic E-state index is 12.5. The lowest BCUT2D eigenvalue weighted by Gasteiger charge is -2.38. The standard InChI is InChI=1S/C22H21N3O5/c26-20-14-29-13-18(25(20)12-15-7-9-23-10-8-15)21(27)16-3-5-17(6-4-16)24-22(28)19-2-1-11-30-19/h1-11,18,21,27H,12-14H2,(H,24,28)/t18-,21-/m1/s1. The molecule has 30 heavy (non-hydrogen) atoms. The smallest absolute Gasteiger partial charge is 0.291 e. The van der Waals surface area contributed by atoms with E-state index in [1.807, 2.05) is 12.1 Å². The van der Waals surface area contributed by atoms with E-state index in [9.17, 15) is 14.7 Å². The van der Waals surface area contributed by atoms with E-state index >= 15 is 0 Å². The van der Waals surface area contributed by atoms with E-state index in [0.29, 0.717) is 17.8 Å². The molecule has 1 fully saturated rings. The lowest BCUT2D eigenvalue weighted by molar-refractivity contribution is -0.155. The second kappa shape index (κ2) is 8.89. The summed E-state index contributed by atoms with van der Waals surface area (Å²) in [6.07, 6.45) is 3.83. The number of anilines is 1. The van der Waals surface area contributed by atoms with Crippen LogP contribution in [0.1, 0.15) is 27.8 Å². The van der Waals surface area contributed by atoms with Gasteiger partial charge in [-0.25, -0.2) is 0 Å². The maximum Gasteiger partial charge on any atom is 0.291 e. The molecule has 0 aliphatic carbocycles. The Morgan fingerprint density at radius 2 is 1.97 bits per heavy atom. The fraction of sp³-hybridized carbons (Fsp3) is 0.227. The monoisotopic (exact) mass is 407 g/mol. The Hall–Kier alpha value is -3.49. The van der Waals surface area contributed by atoms with Crippen LogP contribution in [0.5, 0.6) is 0 Å². The number of aromatic nitrogens is 1. The first-order valence-electron chi connectivity index (χ1n) is 9.51. The van der Waals surface area contributed by atoms with Gasteiger partial charge in [-0.15, -0.1) is 0 Å². The van der Waals surface area contributed by atoms with Crippen molar-refractivity contribution in [2.45, 2.75) is 18.7 Å². The van der Waals surface area contributed by atoms with Crippen molar-refractivity contribution < 1.29 is 23.8 Å². The molecule has 154 valence electrons. The van der Waals surface area contributed by atoms with Gasteiger partial charge in [0.1, 0.15) is 12.7 Å². The average Bonchev–Trinajstić information content (AvgIpc) is 3.31. The Bertz CT molecular complexity index is 989. The van der Waals surface area contributed by atoms with Gasteiger partial charge >= 0.3 is 0 Å². The van der Waals surface area contributed by atoms with Gasteiger partial charge in [-0.2, -0.15) is 0 Å². The number of hydrogen-bond donors (Lipinski definition) is 2. The number of hydrogen-bond acceptors (Lipinski definition) is 6. The molecule has 2 N–H and O–H groups in total. The van der Waals surface area contributed by atoms with Gasteiger partial charge in [0.05, 0.1) is 18.9 Å². The zero-order chi connectivity index (χ0) is 20.9. The number of ether oxygens (including phenoxy) is 1. The summed E-state index contributed by atoms with van der Waals surface area (Å²) in [6.45, 7) is 0.588. The minimum absolute atomic E-state index is 0.00788. The number of morpholine rings is 1. The van der Waals surface area contributed by atoms with Gasteiger partial charge in [-0.1, -0.05) is 12.1 Å². The van der Waals surface area contributed by atoms with Crippen molar-refractivity contribution in [1.29, 1.82) is 0 Å². The Balaban J connectivity index is 1.47. The van der Waals surface area contributed by atoms with Crippen molar-refractivity contribution in [3.05, 3.63) is 84.1 Å². The molecule has 0 saturated carbocycles. The average molecular weight is 407 g/mol. The Labute approximate surface area is 173 Å². The molecule has 0 unspecified atom stereocenters. The number of nitrogens with one attached hydrogen (secondary N) is 1. The molecule has 3 heterocycles. The van der Waals surface area contributed by atoms with E-state index in [1.54, 1.807) is 53.7 Å². The second-order valence-electron chi connectivity index (χ2n) is 6.96. The summed E-state index contributed by atoms with van der Waals surface area (Å²) in [5.74, 6) is -0.323. The summed E-state index contributed by atoms with van der Waals surface area (Å²) in [7, 11) is 0. The van der Waals surface area contributed by atoms with Crippen LogP contribution < -0.4 is 5.32 Å².